The highest BCUT2D eigenvalue weighted by atomic mass is 19.4. The zero-order chi connectivity index (χ0) is 26.0. The highest BCUT2D eigenvalue weighted by Gasteiger charge is 2.51. The molecule has 4 atom stereocenters. The number of likely N-dealkylation sites (tertiary alicyclic amines) is 1. The Hall–Kier alpha value is -2.61. The minimum absolute atomic E-state index is 0.0538. The number of alkyl halides is 7. The number of H-pyrrole nitrogens is 1. The molecule has 4 N–H and O–H groups in total. The number of halogens is 7. The quantitative estimate of drug-likeness (QED) is 0.415. The van der Waals surface area contributed by atoms with E-state index in [0.717, 1.165) is 0 Å². The summed E-state index contributed by atoms with van der Waals surface area (Å²) in [6.45, 7) is 1.41. The number of hydrogen-bond acceptors (Lipinski definition) is 5. The number of aliphatic hydroxyl groups is 1. The molecule has 35 heavy (non-hydrogen) atoms. The molecule has 194 valence electrons. The molecule has 3 aliphatic rings. The van der Waals surface area contributed by atoms with E-state index in [-0.39, 0.29) is 47.8 Å². The van der Waals surface area contributed by atoms with Crippen molar-refractivity contribution < 1.29 is 35.8 Å². The molecule has 14 heteroatoms. The molecule has 4 rings (SSSR count). The number of nitrogens with zero attached hydrogens (tertiary/aromatic N) is 2. The molecule has 0 amide bonds. The van der Waals surface area contributed by atoms with Crippen LogP contribution in [0.5, 0.6) is 0 Å². The Bertz CT molecular complexity index is 1270. The van der Waals surface area contributed by atoms with Crippen LogP contribution < -0.4 is 27.6 Å². The first-order chi connectivity index (χ1) is 16.1. The van der Waals surface area contributed by atoms with Crippen LogP contribution in [0.2, 0.25) is 0 Å². The van der Waals surface area contributed by atoms with Crippen LogP contribution >= 0.6 is 0 Å². The summed E-state index contributed by atoms with van der Waals surface area (Å²) in [6.07, 6.45) is -12.1. The maximum Gasteiger partial charge on any atom is 0.421 e. The van der Waals surface area contributed by atoms with Gasteiger partial charge in [0.1, 0.15) is 16.6 Å². The first kappa shape index (κ1) is 25.5. The lowest BCUT2D eigenvalue weighted by molar-refractivity contribution is -0.172. The van der Waals surface area contributed by atoms with Gasteiger partial charge in [-0.05, 0) is 44.2 Å². The van der Waals surface area contributed by atoms with Crippen molar-refractivity contribution in [3.8, 4) is 0 Å². The number of aromatic nitrogens is 2. The maximum absolute atomic E-state index is 15.4. The molecule has 1 aliphatic heterocycles. The lowest BCUT2D eigenvalue weighted by Crippen LogP contribution is -2.61. The Balaban J connectivity index is 1.70. The molecule has 1 aromatic heterocycles. The van der Waals surface area contributed by atoms with Gasteiger partial charge in [-0.2, -0.15) is 26.3 Å². The largest absolute Gasteiger partial charge is 0.508 e. The van der Waals surface area contributed by atoms with Crippen LogP contribution in [0.15, 0.2) is 21.2 Å². The van der Waals surface area contributed by atoms with Gasteiger partial charge in [-0.15, -0.1) is 0 Å². The van der Waals surface area contributed by atoms with E-state index in [1.165, 1.54) is 16.4 Å². The normalized spacial score (nSPS) is 26.6. The second-order valence-corrected chi connectivity index (χ2v) is 9.20. The number of aliphatic hydroxyl groups excluding tert-OH is 1. The Labute approximate surface area is 193 Å². The van der Waals surface area contributed by atoms with Gasteiger partial charge in [0.25, 0.3) is 5.56 Å². The summed E-state index contributed by atoms with van der Waals surface area (Å²) < 4.78 is 94.0. The second kappa shape index (κ2) is 8.50. The van der Waals surface area contributed by atoms with Crippen LogP contribution in [-0.2, 0) is 0 Å². The number of nitrogens with one attached hydrogen (secondary N) is 1. The van der Waals surface area contributed by atoms with Gasteiger partial charge in [0.15, 0.2) is 6.17 Å². The summed E-state index contributed by atoms with van der Waals surface area (Å²) in [5.41, 5.74) is 1.60. The maximum atomic E-state index is 15.4. The van der Waals surface area contributed by atoms with E-state index >= 15 is 4.39 Å². The van der Waals surface area contributed by atoms with Crippen molar-refractivity contribution >= 4 is 11.3 Å². The van der Waals surface area contributed by atoms with Crippen molar-refractivity contribution in [3.63, 3.8) is 0 Å². The molecule has 2 heterocycles. The summed E-state index contributed by atoms with van der Waals surface area (Å²) in [6, 6.07) is -3.03. The number of rotatable bonds is 4. The van der Waals surface area contributed by atoms with Gasteiger partial charge in [-0.1, -0.05) is 6.08 Å². The van der Waals surface area contributed by atoms with E-state index < -0.39 is 59.1 Å². The average Bonchev–Trinajstić information content (AvgIpc) is 3.44. The fourth-order valence-corrected chi connectivity index (χ4v) is 5.02. The number of fused-ring (bicyclic) bond motifs is 1. The molecule has 1 aromatic rings. The van der Waals surface area contributed by atoms with Crippen molar-refractivity contribution in [2.45, 2.75) is 62.8 Å². The molecule has 1 saturated carbocycles. The van der Waals surface area contributed by atoms with Crippen LogP contribution in [0.25, 0.3) is 11.3 Å². The van der Waals surface area contributed by atoms with Gasteiger partial charge in [0, 0.05) is 18.6 Å². The number of nitrogens with two attached hydrogens (primary N) is 1. The molecule has 1 saturated heterocycles. The van der Waals surface area contributed by atoms with Crippen LogP contribution in [0.1, 0.15) is 32.2 Å². The fourth-order valence-electron chi connectivity index (χ4n) is 5.02. The smallest absolute Gasteiger partial charge is 0.421 e. The molecule has 2 aliphatic carbocycles. The molecular formula is C21H23F7N4O3. The van der Waals surface area contributed by atoms with Gasteiger partial charge in [-0.3, -0.25) is 19.2 Å². The molecule has 0 aromatic carbocycles. The van der Waals surface area contributed by atoms with Crippen LogP contribution in [0.3, 0.4) is 0 Å². The van der Waals surface area contributed by atoms with Gasteiger partial charge in [0.05, 0.1) is 11.4 Å². The highest BCUT2D eigenvalue weighted by molar-refractivity contribution is 5.60. The fraction of sp³-hybridized carbons (Fsp3) is 0.619. The van der Waals surface area contributed by atoms with E-state index in [2.05, 4.69) is 4.98 Å². The topological polar surface area (TPSA) is 104 Å². The Morgan fingerprint density at radius 1 is 1.14 bits per heavy atom. The molecule has 0 spiro atoms. The van der Waals surface area contributed by atoms with Crippen molar-refractivity contribution in [2.24, 2.45) is 11.7 Å². The van der Waals surface area contributed by atoms with Gasteiger partial charge in [-0.25, -0.2) is 9.18 Å². The standard InChI is InChI=1S/C21H23F7N4O3/c1-8-15-13(18(34)30-19(35)32(15)10-2-3-10)17(33)14(22)16(8)31-5-4-9(7-31)11(29)6-12(20(23,24)25)21(26,27)28/h6,9-11,14,16,33H,2-5,7,29H2,1H3,(H,30,34,35). The average molecular weight is 512 g/mol. The number of hydrogen-bond donors (Lipinski definition) is 3. The Kier molecular flexibility index (Phi) is 6.19. The van der Waals surface area contributed by atoms with Crippen LogP contribution in [-0.4, -0.2) is 63.3 Å². The third-order valence-electron chi connectivity index (χ3n) is 6.83. The molecule has 2 fully saturated rings. The first-order valence-corrected chi connectivity index (χ1v) is 10.9. The van der Waals surface area contributed by atoms with Crippen molar-refractivity contribution in [1.82, 2.24) is 14.5 Å². The Morgan fingerprint density at radius 3 is 2.29 bits per heavy atom. The van der Waals surface area contributed by atoms with Gasteiger partial charge in [0.2, 0.25) is 0 Å². The van der Waals surface area contributed by atoms with Gasteiger partial charge >= 0.3 is 18.0 Å². The van der Waals surface area contributed by atoms with E-state index in [1.807, 2.05) is 0 Å². The number of aromatic amines is 1. The SMILES string of the molecule is CC1=c2c(c(=O)[nH]c(=O)n2C2CC2)=C(O)C(F)C1N1CCC(C(N)C=C(C(F)(F)F)C(F)(F)F)C1. The van der Waals surface area contributed by atoms with E-state index in [1.54, 1.807) is 0 Å². The van der Waals surface area contributed by atoms with Crippen molar-refractivity contribution in [2.75, 3.05) is 13.1 Å². The minimum atomic E-state index is -5.64. The highest BCUT2D eigenvalue weighted by Crippen LogP contribution is 2.40. The minimum Gasteiger partial charge on any atom is -0.508 e. The predicted molar refractivity (Wildman–Crippen MR) is 110 cm³/mol. The van der Waals surface area contributed by atoms with Crippen molar-refractivity contribution in [3.05, 3.63) is 43.1 Å². The number of allylic oxidation sites excluding steroid dienone is 1. The molecular weight excluding hydrogens is 489 g/mol. The molecule has 4 unspecified atom stereocenters. The zero-order valence-electron chi connectivity index (χ0n) is 18.4. The van der Waals surface area contributed by atoms with Crippen LogP contribution in [0.4, 0.5) is 30.7 Å². The lowest BCUT2D eigenvalue weighted by atomic mass is 9.93. The van der Waals surface area contributed by atoms with E-state index in [0.29, 0.717) is 12.8 Å². The lowest BCUT2D eigenvalue weighted by Gasteiger charge is -2.34. The third-order valence-corrected chi connectivity index (χ3v) is 6.83. The predicted octanol–water partition coefficient (Wildman–Crippen LogP) is 1.13. The van der Waals surface area contributed by atoms with Crippen molar-refractivity contribution in [1.29, 1.82) is 0 Å². The molecule has 0 radical (unpaired) electrons. The zero-order valence-corrected chi connectivity index (χ0v) is 18.4. The Morgan fingerprint density at radius 2 is 1.74 bits per heavy atom. The summed E-state index contributed by atoms with van der Waals surface area (Å²) in [7, 11) is 0. The first-order valence-electron chi connectivity index (χ1n) is 10.9. The van der Waals surface area contributed by atoms with Crippen LogP contribution in [0, 0.1) is 5.92 Å². The third kappa shape index (κ3) is 4.53. The summed E-state index contributed by atoms with van der Waals surface area (Å²) >= 11 is 0. The van der Waals surface area contributed by atoms with E-state index in [9.17, 15) is 41.0 Å². The van der Waals surface area contributed by atoms with Gasteiger partial charge < -0.3 is 10.8 Å². The summed E-state index contributed by atoms with van der Waals surface area (Å²) in [5.74, 6) is -1.74. The van der Waals surface area contributed by atoms with E-state index in [4.69, 9.17) is 5.73 Å². The summed E-state index contributed by atoms with van der Waals surface area (Å²) in [4.78, 5) is 28.4. The summed E-state index contributed by atoms with van der Waals surface area (Å²) in [5, 5.41) is 10.3. The second-order valence-electron chi connectivity index (χ2n) is 9.20. The molecule has 7 nitrogen and oxygen atoms in total. The monoisotopic (exact) mass is 512 g/mol. The molecule has 0 bridgehead atoms.